The largest absolute Gasteiger partial charge is 0.755 e. The number of hydrogen-bond donors (Lipinski definition) is 1. The number of aromatic carboxylic acids is 1. The zero-order valence-electron chi connectivity index (χ0n) is 14.1. The molecule has 136 valence electrons. The Bertz CT molecular complexity index is 1050. The minimum absolute atomic E-state index is 0.0732. The minimum Gasteiger partial charge on any atom is -0.755 e. The van der Waals surface area contributed by atoms with Gasteiger partial charge >= 0.3 is 5.97 Å². The summed E-state index contributed by atoms with van der Waals surface area (Å²) < 4.78 is 24.7. The first-order chi connectivity index (χ1) is 12.9. The highest BCUT2D eigenvalue weighted by atomic mass is 32.2. The van der Waals surface area contributed by atoms with Crippen LogP contribution in [0.4, 0.5) is 11.4 Å². The Labute approximate surface area is 162 Å². The van der Waals surface area contributed by atoms with E-state index in [1.807, 2.05) is 13.0 Å². The van der Waals surface area contributed by atoms with Crippen molar-refractivity contribution in [1.82, 2.24) is 0 Å². The zero-order valence-corrected chi connectivity index (χ0v) is 15.7. The van der Waals surface area contributed by atoms with Gasteiger partial charge in [-0.15, -0.1) is 11.3 Å². The van der Waals surface area contributed by atoms with Gasteiger partial charge in [0.2, 0.25) is 0 Å². The molecule has 0 aliphatic carbocycles. The van der Waals surface area contributed by atoms with E-state index in [2.05, 4.69) is 0 Å². The Morgan fingerprint density at radius 1 is 1.19 bits per heavy atom. The van der Waals surface area contributed by atoms with E-state index in [4.69, 9.17) is 5.26 Å². The summed E-state index contributed by atoms with van der Waals surface area (Å²) in [5.41, 5.74) is 2.56. The minimum atomic E-state index is -2.70. The fourth-order valence-electron chi connectivity index (χ4n) is 2.52. The highest BCUT2D eigenvalue weighted by Crippen LogP contribution is 2.40. The molecule has 3 rings (SSSR count). The van der Waals surface area contributed by atoms with Crippen LogP contribution < -0.4 is 4.31 Å². The number of carboxylic acids is 1. The molecule has 6 nitrogen and oxygen atoms in total. The number of benzene rings is 2. The second-order valence-corrected chi connectivity index (χ2v) is 7.52. The Morgan fingerprint density at radius 2 is 1.81 bits per heavy atom. The lowest BCUT2D eigenvalue weighted by molar-refractivity contribution is 0.0703. The van der Waals surface area contributed by atoms with E-state index in [-0.39, 0.29) is 10.6 Å². The summed E-state index contributed by atoms with van der Waals surface area (Å²) in [7, 11) is 0. The van der Waals surface area contributed by atoms with Crippen molar-refractivity contribution in [3.05, 3.63) is 70.6 Å². The molecular weight excluding hydrogens is 384 g/mol. The fraction of sp³-hybridized carbons (Fsp3) is 0.0526. The third kappa shape index (κ3) is 3.90. The summed E-state index contributed by atoms with van der Waals surface area (Å²) in [5.74, 6) is -1.21. The quantitative estimate of drug-likeness (QED) is 0.649. The molecule has 8 heteroatoms. The van der Waals surface area contributed by atoms with Gasteiger partial charge in [-0.05, 0) is 42.8 Å². The van der Waals surface area contributed by atoms with Crippen molar-refractivity contribution in [3.8, 4) is 16.5 Å². The van der Waals surface area contributed by atoms with Crippen molar-refractivity contribution >= 4 is 39.9 Å². The summed E-state index contributed by atoms with van der Waals surface area (Å²) in [4.78, 5) is 12.2. The van der Waals surface area contributed by atoms with Crippen LogP contribution in [-0.4, -0.2) is 19.8 Å². The number of aryl methyl sites for hydroxylation is 1. The molecule has 0 saturated heterocycles. The maximum absolute atomic E-state index is 11.9. The van der Waals surface area contributed by atoms with E-state index in [1.54, 1.807) is 48.5 Å². The van der Waals surface area contributed by atoms with E-state index in [9.17, 15) is 18.7 Å². The number of nitrogens with zero attached hydrogens (tertiary/aromatic N) is 2. The molecule has 1 aromatic heterocycles. The van der Waals surface area contributed by atoms with Gasteiger partial charge < -0.3 is 9.66 Å². The van der Waals surface area contributed by atoms with Crippen LogP contribution >= 0.6 is 11.3 Å². The Balaban J connectivity index is 2.13. The van der Waals surface area contributed by atoms with Crippen molar-refractivity contribution in [1.29, 1.82) is 5.26 Å². The first kappa shape index (κ1) is 18.8. The zero-order chi connectivity index (χ0) is 19.6. The summed E-state index contributed by atoms with van der Waals surface area (Å²) in [6.07, 6.45) is 0. The third-order valence-corrected chi connectivity index (χ3v) is 5.71. The summed E-state index contributed by atoms with van der Waals surface area (Å²) in [5, 5.41) is 18.5. The molecule has 0 fully saturated rings. The van der Waals surface area contributed by atoms with E-state index >= 15 is 0 Å². The molecule has 1 N–H and O–H groups in total. The number of anilines is 2. The molecule has 0 bridgehead atoms. The topological polar surface area (TPSA) is 104 Å². The maximum atomic E-state index is 11.9. The Kier molecular flexibility index (Phi) is 5.37. The van der Waals surface area contributed by atoms with Crippen LogP contribution in [0.3, 0.4) is 0 Å². The standard InChI is InChI=1S/C19H14N2O4S2/c1-12-2-8-15(9-3-12)21(27(24)25)16-10-17(26-18(16)19(22)23)14-6-4-13(11-20)5-7-14/h2-10H,1H3,(H,22,23)(H,24,25)/p-1. The molecular formula is C19H13N2O4S2-. The number of hydrogen-bond acceptors (Lipinski definition) is 5. The van der Waals surface area contributed by atoms with Gasteiger partial charge in [0.15, 0.2) is 0 Å². The van der Waals surface area contributed by atoms with Crippen LogP contribution in [0, 0.1) is 18.3 Å². The molecule has 1 heterocycles. The number of rotatable bonds is 5. The molecule has 0 spiro atoms. The average Bonchev–Trinajstić information content (AvgIpc) is 3.08. The number of nitriles is 1. The van der Waals surface area contributed by atoms with Gasteiger partial charge in [0, 0.05) is 4.88 Å². The highest BCUT2D eigenvalue weighted by molar-refractivity contribution is 7.81. The lowest BCUT2D eigenvalue weighted by Crippen LogP contribution is -2.20. The summed E-state index contributed by atoms with van der Waals surface area (Å²) >= 11 is -1.72. The van der Waals surface area contributed by atoms with E-state index in [1.165, 1.54) is 6.07 Å². The van der Waals surface area contributed by atoms with Crippen LogP contribution in [-0.2, 0) is 11.3 Å². The van der Waals surface area contributed by atoms with Crippen LogP contribution in [0.1, 0.15) is 20.8 Å². The lowest BCUT2D eigenvalue weighted by Gasteiger charge is -2.26. The monoisotopic (exact) mass is 397 g/mol. The molecule has 27 heavy (non-hydrogen) atoms. The molecule has 0 saturated carbocycles. The molecule has 0 radical (unpaired) electrons. The van der Waals surface area contributed by atoms with Gasteiger partial charge in [-0.3, -0.25) is 8.51 Å². The molecule has 0 aliphatic rings. The van der Waals surface area contributed by atoms with Crippen molar-refractivity contribution in [2.75, 3.05) is 4.31 Å². The van der Waals surface area contributed by atoms with Crippen molar-refractivity contribution in [2.45, 2.75) is 6.92 Å². The average molecular weight is 397 g/mol. The van der Waals surface area contributed by atoms with Crippen molar-refractivity contribution in [2.24, 2.45) is 0 Å². The first-order valence-electron chi connectivity index (χ1n) is 7.74. The summed E-state index contributed by atoms with van der Waals surface area (Å²) in [6.45, 7) is 1.87. The smallest absolute Gasteiger partial charge is 0.348 e. The van der Waals surface area contributed by atoms with Crippen molar-refractivity contribution < 1.29 is 18.7 Å². The summed E-state index contributed by atoms with van der Waals surface area (Å²) in [6, 6.07) is 16.9. The number of carboxylic acid groups (broad SMARTS) is 1. The fourth-order valence-corrected chi connectivity index (χ4v) is 4.17. The van der Waals surface area contributed by atoms with Crippen LogP contribution in [0.25, 0.3) is 10.4 Å². The van der Waals surface area contributed by atoms with Crippen molar-refractivity contribution in [3.63, 3.8) is 0 Å². The molecule has 0 aliphatic heterocycles. The van der Waals surface area contributed by atoms with Crippen LogP contribution in [0.15, 0.2) is 54.6 Å². The predicted molar refractivity (Wildman–Crippen MR) is 104 cm³/mol. The predicted octanol–water partition coefficient (Wildman–Crippen LogP) is 4.23. The lowest BCUT2D eigenvalue weighted by atomic mass is 10.1. The number of carbonyl (C=O) groups is 1. The molecule has 3 aromatic rings. The Hall–Kier alpha value is -2.99. The normalized spacial score (nSPS) is 11.6. The van der Waals surface area contributed by atoms with Crippen LogP contribution in [0.5, 0.6) is 0 Å². The first-order valence-corrected chi connectivity index (χ1v) is 9.59. The SMILES string of the molecule is Cc1ccc(N(c2cc(-c3ccc(C#N)cc3)sc2C(=O)O)S(=O)[O-])cc1. The van der Waals surface area contributed by atoms with Crippen LogP contribution in [0.2, 0.25) is 0 Å². The second-order valence-electron chi connectivity index (χ2n) is 5.67. The Morgan fingerprint density at radius 3 is 2.33 bits per heavy atom. The van der Waals surface area contributed by atoms with Gasteiger partial charge in [0.25, 0.3) is 0 Å². The second kappa shape index (κ2) is 7.72. The van der Waals surface area contributed by atoms with E-state index in [0.717, 1.165) is 21.2 Å². The highest BCUT2D eigenvalue weighted by Gasteiger charge is 2.23. The maximum Gasteiger partial charge on any atom is 0.348 e. The van der Waals surface area contributed by atoms with E-state index < -0.39 is 17.2 Å². The number of thiophene rings is 1. The van der Waals surface area contributed by atoms with E-state index in [0.29, 0.717) is 21.7 Å². The van der Waals surface area contributed by atoms with Gasteiger partial charge in [-0.25, -0.2) is 4.79 Å². The molecule has 1 unspecified atom stereocenters. The van der Waals surface area contributed by atoms with Gasteiger partial charge in [-0.2, -0.15) is 5.26 Å². The van der Waals surface area contributed by atoms with Gasteiger partial charge in [0.1, 0.15) is 4.88 Å². The third-order valence-electron chi connectivity index (χ3n) is 3.84. The van der Waals surface area contributed by atoms with Gasteiger partial charge in [0.05, 0.1) is 34.3 Å². The molecule has 2 aromatic carbocycles. The van der Waals surface area contributed by atoms with Gasteiger partial charge in [-0.1, -0.05) is 29.8 Å². The molecule has 0 amide bonds. The molecule has 1 atom stereocenters.